The maximum Gasteiger partial charge on any atom is 0.490 e. The van der Waals surface area contributed by atoms with Crippen molar-refractivity contribution in [1.29, 1.82) is 0 Å². The lowest BCUT2D eigenvalue weighted by molar-refractivity contribution is -0.193. The van der Waals surface area contributed by atoms with Gasteiger partial charge in [0.2, 0.25) is 11.8 Å². The number of pyridine rings is 1. The minimum atomic E-state index is -5.08. The number of carboxylic acids is 2. The Balaban J connectivity index is 0.000000301. The standard InChI is InChI=1S/C17H20N4O2S.2C2HF3O2/c22-16-17(4-7-21(12-17)10-15-19-6-8-24-15)13(9-20-16)11-23-14-3-1-2-5-18-14;2*3-2(4,5)1(6)7/h1-3,5-6,8,13H,4,7,9-12H2,(H,20,22);2*(H,6,7)/t13-,17-;;/m1../s1. The van der Waals surface area contributed by atoms with E-state index in [1.54, 1.807) is 17.5 Å². The van der Waals surface area contributed by atoms with E-state index in [4.69, 9.17) is 24.5 Å². The van der Waals surface area contributed by atoms with Gasteiger partial charge in [-0.15, -0.1) is 11.3 Å². The quantitative estimate of drug-likeness (QED) is 0.461. The lowest BCUT2D eigenvalue weighted by atomic mass is 9.77. The molecule has 4 rings (SSSR count). The topological polar surface area (TPSA) is 142 Å². The summed E-state index contributed by atoms with van der Waals surface area (Å²) in [5, 5.41) is 20.4. The molecule has 38 heavy (non-hydrogen) atoms. The Bertz CT molecular complexity index is 1050. The molecule has 0 bridgehead atoms. The number of aromatic nitrogens is 2. The molecule has 3 N–H and O–H groups in total. The number of amides is 1. The number of thiazole rings is 1. The number of halogens is 6. The Morgan fingerprint density at radius 2 is 1.74 bits per heavy atom. The molecule has 0 aromatic carbocycles. The largest absolute Gasteiger partial charge is 0.490 e. The first kappa shape index (κ1) is 30.8. The van der Waals surface area contributed by atoms with Crippen molar-refractivity contribution in [2.75, 3.05) is 26.2 Å². The van der Waals surface area contributed by atoms with Crippen LogP contribution in [0.5, 0.6) is 5.88 Å². The molecule has 2 aromatic rings. The van der Waals surface area contributed by atoms with Gasteiger partial charge < -0.3 is 20.3 Å². The first-order valence-electron chi connectivity index (χ1n) is 10.7. The predicted octanol–water partition coefficient (Wildman–Crippen LogP) is 2.82. The summed E-state index contributed by atoms with van der Waals surface area (Å²) < 4.78 is 69.3. The number of nitrogens with zero attached hydrogens (tertiary/aromatic N) is 3. The van der Waals surface area contributed by atoms with E-state index in [1.165, 1.54) is 0 Å². The SMILES string of the molecule is O=C(O)C(F)(F)F.O=C(O)C(F)(F)F.O=C1NC[C@H](COc2ccccn2)[C@]12CCN(Cc1nccs1)C2. The molecule has 17 heteroatoms. The van der Waals surface area contributed by atoms with Crippen LogP contribution in [0.2, 0.25) is 0 Å². The number of ether oxygens (including phenoxy) is 1. The van der Waals surface area contributed by atoms with E-state index in [2.05, 4.69) is 20.2 Å². The average molecular weight is 572 g/mol. The minimum Gasteiger partial charge on any atom is -0.477 e. The summed E-state index contributed by atoms with van der Waals surface area (Å²) in [6, 6.07) is 5.62. The third kappa shape index (κ3) is 8.83. The van der Waals surface area contributed by atoms with Crippen molar-refractivity contribution >= 4 is 29.2 Å². The summed E-state index contributed by atoms with van der Waals surface area (Å²) in [6.45, 7) is 3.71. The van der Waals surface area contributed by atoms with Crippen LogP contribution in [-0.4, -0.2) is 81.5 Å². The van der Waals surface area contributed by atoms with E-state index in [-0.39, 0.29) is 17.2 Å². The molecule has 1 amide bonds. The van der Waals surface area contributed by atoms with Crippen molar-refractivity contribution in [3.8, 4) is 5.88 Å². The number of carbonyl (C=O) groups excluding carboxylic acids is 1. The van der Waals surface area contributed by atoms with Crippen LogP contribution in [0.4, 0.5) is 26.3 Å². The lowest BCUT2D eigenvalue weighted by Crippen LogP contribution is -2.40. The van der Waals surface area contributed by atoms with Crippen LogP contribution in [0.25, 0.3) is 0 Å². The Morgan fingerprint density at radius 1 is 1.11 bits per heavy atom. The summed E-state index contributed by atoms with van der Waals surface area (Å²) in [5.41, 5.74) is -0.341. The zero-order valence-corrected chi connectivity index (χ0v) is 20.1. The Kier molecular flexibility index (Phi) is 10.4. The zero-order chi connectivity index (χ0) is 28.6. The number of aliphatic carboxylic acids is 2. The summed E-state index contributed by atoms with van der Waals surface area (Å²) in [5.74, 6) is -4.56. The molecule has 1 spiro atoms. The maximum atomic E-state index is 12.5. The summed E-state index contributed by atoms with van der Waals surface area (Å²) in [6.07, 6.45) is -5.74. The molecule has 10 nitrogen and oxygen atoms in total. The third-order valence-electron chi connectivity index (χ3n) is 5.52. The third-order valence-corrected chi connectivity index (χ3v) is 6.28. The second kappa shape index (κ2) is 12.9. The molecule has 2 aromatic heterocycles. The molecule has 2 aliphatic rings. The van der Waals surface area contributed by atoms with Crippen LogP contribution in [0.1, 0.15) is 11.4 Å². The van der Waals surface area contributed by atoms with Gasteiger partial charge in [-0.05, 0) is 19.0 Å². The van der Waals surface area contributed by atoms with Crippen molar-refractivity contribution in [3.05, 3.63) is 41.0 Å². The van der Waals surface area contributed by atoms with Crippen molar-refractivity contribution < 1.29 is 55.7 Å². The fraction of sp³-hybridized carbons (Fsp3) is 0.476. The van der Waals surface area contributed by atoms with E-state index >= 15 is 0 Å². The molecule has 0 unspecified atom stereocenters. The predicted molar refractivity (Wildman–Crippen MR) is 118 cm³/mol. The molecule has 2 aliphatic heterocycles. The molecule has 2 fully saturated rings. The molecule has 0 radical (unpaired) electrons. The van der Waals surface area contributed by atoms with E-state index in [9.17, 15) is 31.1 Å². The van der Waals surface area contributed by atoms with Crippen LogP contribution in [0.3, 0.4) is 0 Å². The van der Waals surface area contributed by atoms with Crippen LogP contribution >= 0.6 is 11.3 Å². The molecule has 0 aliphatic carbocycles. The number of rotatable bonds is 5. The molecule has 0 saturated carbocycles. The highest BCUT2D eigenvalue weighted by atomic mass is 32.1. The Labute approximate surface area is 215 Å². The van der Waals surface area contributed by atoms with Crippen LogP contribution < -0.4 is 10.1 Å². The van der Waals surface area contributed by atoms with Crippen molar-refractivity contribution in [2.24, 2.45) is 11.3 Å². The van der Waals surface area contributed by atoms with Gasteiger partial charge in [0.25, 0.3) is 0 Å². The normalized spacial score (nSPS) is 21.1. The molecule has 2 atom stereocenters. The van der Waals surface area contributed by atoms with E-state index in [1.807, 2.05) is 29.8 Å². The maximum absolute atomic E-state index is 12.5. The Hall–Kier alpha value is -3.47. The number of alkyl halides is 6. The van der Waals surface area contributed by atoms with E-state index < -0.39 is 24.3 Å². The van der Waals surface area contributed by atoms with Crippen molar-refractivity contribution in [1.82, 2.24) is 20.2 Å². The number of hydrogen-bond acceptors (Lipinski definition) is 8. The first-order valence-corrected chi connectivity index (χ1v) is 11.6. The van der Waals surface area contributed by atoms with Crippen molar-refractivity contribution in [2.45, 2.75) is 25.3 Å². The smallest absolute Gasteiger partial charge is 0.477 e. The monoisotopic (exact) mass is 572 g/mol. The summed E-state index contributed by atoms with van der Waals surface area (Å²) in [7, 11) is 0. The van der Waals surface area contributed by atoms with Gasteiger partial charge in [-0.1, -0.05) is 6.07 Å². The molecule has 4 heterocycles. The van der Waals surface area contributed by atoms with Gasteiger partial charge in [0.1, 0.15) is 5.01 Å². The number of nitrogens with one attached hydrogen (secondary N) is 1. The van der Waals surface area contributed by atoms with Gasteiger partial charge in [-0.25, -0.2) is 19.6 Å². The molecular formula is C21H22F6N4O6S. The number of carboxylic acid groups (broad SMARTS) is 2. The van der Waals surface area contributed by atoms with E-state index in [0.717, 1.165) is 31.1 Å². The van der Waals surface area contributed by atoms with Gasteiger partial charge in [0, 0.05) is 42.8 Å². The lowest BCUT2D eigenvalue weighted by Gasteiger charge is -2.28. The van der Waals surface area contributed by atoms with Gasteiger partial charge in [0.05, 0.1) is 18.6 Å². The fourth-order valence-corrected chi connectivity index (χ4v) is 4.36. The Morgan fingerprint density at radius 3 is 2.24 bits per heavy atom. The highest BCUT2D eigenvalue weighted by molar-refractivity contribution is 7.09. The van der Waals surface area contributed by atoms with Crippen LogP contribution in [0, 0.1) is 11.3 Å². The second-order valence-electron chi connectivity index (χ2n) is 8.03. The molecule has 210 valence electrons. The van der Waals surface area contributed by atoms with Crippen molar-refractivity contribution in [3.63, 3.8) is 0 Å². The van der Waals surface area contributed by atoms with Gasteiger partial charge in [-0.2, -0.15) is 26.3 Å². The molecule has 2 saturated heterocycles. The first-order chi connectivity index (χ1) is 17.6. The van der Waals surface area contributed by atoms with Gasteiger partial charge in [0.15, 0.2) is 0 Å². The summed E-state index contributed by atoms with van der Waals surface area (Å²) in [4.78, 5) is 41.2. The number of hydrogen-bond donors (Lipinski definition) is 3. The van der Waals surface area contributed by atoms with Gasteiger partial charge in [-0.3, -0.25) is 9.69 Å². The summed E-state index contributed by atoms with van der Waals surface area (Å²) >= 11 is 1.66. The second-order valence-corrected chi connectivity index (χ2v) is 9.01. The van der Waals surface area contributed by atoms with Gasteiger partial charge >= 0.3 is 24.3 Å². The van der Waals surface area contributed by atoms with Crippen LogP contribution in [0.15, 0.2) is 36.0 Å². The number of carbonyl (C=O) groups is 3. The average Bonchev–Trinajstić information content (AvgIpc) is 3.56. The van der Waals surface area contributed by atoms with Crippen LogP contribution in [-0.2, 0) is 20.9 Å². The highest BCUT2D eigenvalue weighted by Crippen LogP contribution is 2.42. The molecular weight excluding hydrogens is 550 g/mol. The fourth-order valence-electron chi connectivity index (χ4n) is 3.70. The minimum absolute atomic E-state index is 0.166. The number of likely N-dealkylation sites (tertiary alicyclic amines) is 1. The highest BCUT2D eigenvalue weighted by Gasteiger charge is 2.54. The zero-order valence-electron chi connectivity index (χ0n) is 19.3. The van der Waals surface area contributed by atoms with E-state index in [0.29, 0.717) is 19.0 Å².